The minimum Gasteiger partial charge on any atom is -0.406 e. The van der Waals surface area contributed by atoms with Gasteiger partial charge in [-0.25, -0.2) is 0 Å². The maximum absolute atomic E-state index is 11.9. The second-order valence-electron chi connectivity index (χ2n) is 3.73. The van der Waals surface area contributed by atoms with E-state index >= 15 is 0 Å². The normalized spacial score (nSPS) is 13.1. The summed E-state index contributed by atoms with van der Waals surface area (Å²) in [6.45, 7) is 0.0934. The number of alkyl halides is 3. The highest BCUT2D eigenvalue weighted by atomic mass is 19.4. The molecule has 4 nitrogen and oxygen atoms in total. The Morgan fingerprint density at radius 1 is 1.28 bits per heavy atom. The third kappa shape index (κ3) is 4.62. The molecule has 18 heavy (non-hydrogen) atoms. The summed E-state index contributed by atoms with van der Waals surface area (Å²) in [5, 5.41) is 0. The van der Waals surface area contributed by atoms with Gasteiger partial charge in [0, 0.05) is 6.54 Å². The number of halogens is 3. The zero-order chi connectivity index (χ0) is 13.8. The van der Waals surface area contributed by atoms with E-state index < -0.39 is 18.2 Å². The van der Waals surface area contributed by atoms with Crippen molar-refractivity contribution in [3.8, 4) is 5.75 Å². The SMILES string of the molecule is NCC(Cc1ccc(OC(F)(F)F)cc1)C(N)=O. The number of carbonyl (C=O) groups excluding carboxylic acids is 1. The minimum absolute atomic E-state index is 0.0934. The molecule has 1 rings (SSSR count). The number of hydrogen-bond donors (Lipinski definition) is 2. The van der Waals surface area contributed by atoms with Crippen LogP contribution in [0.4, 0.5) is 13.2 Å². The predicted molar refractivity (Wildman–Crippen MR) is 58.6 cm³/mol. The van der Waals surface area contributed by atoms with Crippen molar-refractivity contribution in [2.24, 2.45) is 17.4 Å². The smallest absolute Gasteiger partial charge is 0.406 e. The lowest BCUT2D eigenvalue weighted by atomic mass is 9.99. The molecule has 0 aliphatic rings. The molecule has 0 saturated carbocycles. The van der Waals surface area contributed by atoms with Gasteiger partial charge in [0.2, 0.25) is 5.91 Å². The molecule has 0 spiro atoms. The summed E-state index contributed by atoms with van der Waals surface area (Å²) >= 11 is 0. The largest absolute Gasteiger partial charge is 0.573 e. The lowest BCUT2D eigenvalue weighted by molar-refractivity contribution is -0.274. The van der Waals surface area contributed by atoms with Crippen molar-refractivity contribution < 1.29 is 22.7 Å². The molecule has 7 heteroatoms. The van der Waals surface area contributed by atoms with E-state index in [0.29, 0.717) is 5.56 Å². The quantitative estimate of drug-likeness (QED) is 0.836. The number of amides is 1. The Bertz CT molecular complexity index is 404. The van der Waals surface area contributed by atoms with Gasteiger partial charge >= 0.3 is 6.36 Å². The average Bonchev–Trinajstić information content (AvgIpc) is 2.25. The highest BCUT2D eigenvalue weighted by Gasteiger charge is 2.30. The second kappa shape index (κ2) is 5.72. The van der Waals surface area contributed by atoms with Gasteiger partial charge < -0.3 is 16.2 Å². The van der Waals surface area contributed by atoms with E-state index in [9.17, 15) is 18.0 Å². The Morgan fingerprint density at radius 3 is 2.22 bits per heavy atom. The van der Waals surface area contributed by atoms with Gasteiger partial charge in [-0.3, -0.25) is 4.79 Å². The fraction of sp³-hybridized carbons (Fsp3) is 0.364. The van der Waals surface area contributed by atoms with Gasteiger partial charge in [-0.2, -0.15) is 0 Å². The zero-order valence-corrected chi connectivity index (χ0v) is 9.41. The van der Waals surface area contributed by atoms with E-state index in [0.717, 1.165) is 0 Å². The predicted octanol–water partition coefficient (Wildman–Crippen LogP) is 1.19. The molecule has 4 N–H and O–H groups in total. The fourth-order valence-electron chi connectivity index (χ4n) is 1.41. The van der Waals surface area contributed by atoms with E-state index in [2.05, 4.69) is 4.74 Å². The average molecular weight is 262 g/mol. The van der Waals surface area contributed by atoms with Gasteiger partial charge in [0.1, 0.15) is 5.75 Å². The van der Waals surface area contributed by atoms with Crippen LogP contribution >= 0.6 is 0 Å². The van der Waals surface area contributed by atoms with E-state index in [1.54, 1.807) is 0 Å². The molecule has 1 aromatic carbocycles. The Labute approximate surface area is 102 Å². The van der Waals surface area contributed by atoms with Crippen LogP contribution in [-0.2, 0) is 11.2 Å². The number of benzene rings is 1. The third-order valence-corrected chi connectivity index (χ3v) is 2.33. The molecule has 0 bridgehead atoms. The topological polar surface area (TPSA) is 78.3 Å². The van der Waals surface area contributed by atoms with Crippen LogP contribution in [0.25, 0.3) is 0 Å². The first-order valence-corrected chi connectivity index (χ1v) is 5.16. The van der Waals surface area contributed by atoms with Crippen molar-refractivity contribution in [2.45, 2.75) is 12.8 Å². The number of rotatable bonds is 5. The van der Waals surface area contributed by atoms with Crippen molar-refractivity contribution in [3.63, 3.8) is 0 Å². The van der Waals surface area contributed by atoms with E-state index in [1.807, 2.05) is 0 Å². The number of primary amides is 1. The van der Waals surface area contributed by atoms with E-state index in [1.165, 1.54) is 24.3 Å². The summed E-state index contributed by atoms with van der Waals surface area (Å²) in [6.07, 6.45) is -4.42. The van der Waals surface area contributed by atoms with Crippen LogP contribution in [-0.4, -0.2) is 18.8 Å². The fourth-order valence-corrected chi connectivity index (χ4v) is 1.41. The van der Waals surface area contributed by atoms with Crippen molar-refractivity contribution in [3.05, 3.63) is 29.8 Å². The Hall–Kier alpha value is -1.76. The first-order valence-electron chi connectivity index (χ1n) is 5.16. The molecule has 0 aliphatic carbocycles. The van der Waals surface area contributed by atoms with Crippen LogP contribution < -0.4 is 16.2 Å². The molecule has 0 radical (unpaired) electrons. The Kier molecular flexibility index (Phi) is 4.55. The van der Waals surface area contributed by atoms with Gasteiger partial charge in [-0.15, -0.1) is 13.2 Å². The van der Waals surface area contributed by atoms with Crippen LogP contribution in [0.5, 0.6) is 5.75 Å². The molecule has 1 amide bonds. The Morgan fingerprint density at radius 2 is 1.83 bits per heavy atom. The van der Waals surface area contributed by atoms with Gasteiger partial charge in [0.05, 0.1) is 5.92 Å². The van der Waals surface area contributed by atoms with Crippen molar-refractivity contribution in [2.75, 3.05) is 6.54 Å². The van der Waals surface area contributed by atoms with Crippen LogP contribution in [0, 0.1) is 5.92 Å². The van der Waals surface area contributed by atoms with Crippen molar-refractivity contribution in [1.82, 2.24) is 0 Å². The van der Waals surface area contributed by atoms with Crippen molar-refractivity contribution in [1.29, 1.82) is 0 Å². The highest BCUT2D eigenvalue weighted by molar-refractivity contribution is 5.77. The van der Waals surface area contributed by atoms with Gasteiger partial charge in [0.25, 0.3) is 0 Å². The molecule has 100 valence electrons. The van der Waals surface area contributed by atoms with E-state index in [4.69, 9.17) is 11.5 Å². The zero-order valence-electron chi connectivity index (χ0n) is 9.41. The number of carbonyl (C=O) groups is 1. The molecule has 1 aromatic rings. The first-order chi connectivity index (χ1) is 8.31. The molecule has 0 aliphatic heterocycles. The molecule has 0 heterocycles. The lowest BCUT2D eigenvalue weighted by Gasteiger charge is -2.12. The summed E-state index contributed by atoms with van der Waals surface area (Å²) in [5.41, 5.74) is 11.1. The summed E-state index contributed by atoms with van der Waals surface area (Å²) in [5.74, 6) is -1.37. The molecule has 1 unspecified atom stereocenters. The number of hydrogen-bond acceptors (Lipinski definition) is 3. The molecule has 1 atom stereocenters. The van der Waals surface area contributed by atoms with Crippen LogP contribution in [0.15, 0.2) is 24.3 Å². The maximum atomic E-state index is 11.9. The summed E-state index contributed by atoms with van der Waals surface area (Å²) in [7, 11) is 0. The van der Waals surface area contributed by atoms with Crippen LogP contribution in [0.3, 0.4) is 0 Å². The summed E-state index contributed by atoms with van der Waals surface area (Å²) < 4.78 is 39.5. The lowest BCUT2D eigenvalue weighted by Crippen LogP contribution is -2.31. The monoisotopic (exact) mass is 262 g/mol. The molecule has 0 saturated heterocycles. The van der Waals surface area contributed by atoms with Crippen LogP contribution in [0.2, 0.25) is 0 Å². The standard InChI is InChI=1S/C11H13F3N2O2/c12-11(13,14)18-9-3-1-7(2-4-9)5-8(6-15)10(16)17/h1-4,8H,5-6,15H2,(H2,16,17). The molecular formula is C11H13F3N2O2. The summed E-state index contributed by atoms with van der Waals surface area (Å²) in [4.78, 5) is 11.0. The third-order valence-electron chi connectivity index (χ3n) is 2.33. The van der Waals surface area contributed by atoms with Crippen molar-refractivity contribution >= 4 is 5.91 Å². The second-order valence-corrected chi connectivity index (χ2v) is 3.73. The van der Waals surface area contributed by atoms with Gasteiger partial charge in [-0.05, 0) is 24.1 Å². The van der Waals surface area contributed by atoms with Gasteiger partial charge in [-0.1, -0.05) is 12.1 Å². The first kappa shape index (κ1) is 14.3. The maximum Gasteiger partial charge on any atom is 0.573 e. The molecular weight excluding hydrogens is 249 g/mol. The highest BCUT2D eigenvalue weighted by Crippen LogP contribution is 2.23. The van der Waals surface area contributed by atoms with E-state index in [-0.39, 0.29) is 18.7 Å². The van der Waals surface area contributed by atoms with Gasteiger partial charge in [0.15, 0.2) is 0 Å². The molecule has 0 fully saturated rings. The number of ether oxygens (including phenoxy) is 1. The Balaban J connectivity index is 2.68. The minimum atomic E-state index is -4.71. The number of nitrogens with two attached hydrogens (primary N) is 2. The summed E-state index contributed by atoms with van der Waals surface area (Å²) in [6, 6.07) is 5.23. The van der Waals surface area contributed by atoms with Crippen LogP contribution in [0.1, 0.15) is 5.56 Å². The molecule has 0 aromatic heterocycles.